The van der Waals surface area contributed by atoms with Crippen molar-refractivity contribution in [2.75, 3.05) is 11.9 Å². The smallest absolute Gasteiger partial charge is 0.229 e. The van der Waals surface area contributed by atoms with Crippen molar-refractivity contribution in [3.8, 4) is 5.75 Å². The number of benzene rings is 1. The summed E-state index contributed by atoms with van der Waals surface area (Å²) in [5.41, 5.74) is 0.287. The lowest BCUT2D eigenvalue weighted by Gasteiger charge is -2.39. The van der Waals surface area contributed by atoms with E-state index in [1.165, 1.54) is 6.07 Å². The number of hydrogen-bond acceptors (Lipinski definition) is 8. The van der Waals surface area contributed by atoms with Crippen LogP contribution in [-0.2, 0) is 14.3 Å². The van der Waals surface area contributed by atoms with E-state index < -0.39 is 43.2 Å². The monoisotopic (exact) mass is 355 g/mol. The van der Waals surface area contributed by atoms with Crippen molar-refractivity contribution in [2.24, 2.45) is 0 Å². The van der Waals surface area contributed by atoms with E-state index in [1.807, 2.05) is 0 Å². The second kappa shape index (κ2) is 8.88. The Balaban J connectivity index is 2.11. The first-order chi connectivity index (χ1) is 12.0. The number of hydrogen-bond donors (Lipinski definition) is 5. The quantitative estimate of drug-likeness (QED) is 0.383. The topological polar surface area (TPSA) is 146 Å². The van der Waals surface area contributed by atoms with Gasteiger partial charge < -0.3 is 40.0 Å². The third kappa shape index (κ3) is 4.74. The van der Waals surface area contributed by atoms with Gasteiger partial charge in [0.05, 0.1) is 12.3 Å². The van der Waals surface area contributed by atoms with Gasteiger partial charge in [-0.2, -0.15) is 0 Å². The molecule has 0 bridgehead atoms. The molecule has 1 heterocycles. The minimum atomic E-state index is -1.56. The number of para-hydroxylation sites is 2. The molecule has 9 nitrogen and oxygen atoms in total. The fourth-order valence-electron chi connectivity index (χ4n) is 2.37. The molecule has 25 heavy (non-hydrogen) atoms. The van der Waals surface area contributed by atoms with Crippen molar-refractivity contribution in [2.45, 2.75) is 43.5 Å². The summed E-state index contributed by atoms with van der Waals surface area (Å²) in [5, 5.41) is 41.3. The molecule has 0 aromatic heterocycles. The molecule has 2 rings (SSSR count). The molecule has 5 N–H and O–H groups in total. The van der Waals surface area contributed by atoms with Crippen molar-refractivity contribution >= 4 is 17.9 Å². The normalized spacial score (nSPS) is 29.0. The molecule has 1 saturated heterocycles. The third-order valence-corrected chi connectivity index (χ3v) is 3.74. The number of rotatable bonds is 7. The highest BCUT2D eigenvalue weighted by atomic mass is 16.7. The van der Waals surface area contributed by atoms with Crippen LogP contribution in [-0.4, -0.2) is 69.9 Å². The summed E-state index contributed by atoms with van der Waals surface area (Å²) >= 11 is 0. The molecule has 0 saturated carbocycles. The van der Waals surface area contributed by atoms with E-state index in [0.717, 1.165) is 0 Å². The molecule has 0 radical (unpaired) electrons. The van der Waals surface area contributed by atoms with E-state index in [9.17, 15) is 30.0 Å². The molecule has 1 aliphatic rings. The Bertz CT molecular complexity index is 593. The van der Waals surface area contributed by atoms with E-state index >= 15 is 0 Å². The highest BCUT2D eigenvalue weighted by Crippen LogP contribution is 2.29. The standard InChI is InChI=1S/C16H21NO8/c18-7-3-6-12(20)17-9-4-1-2-5-10(9)24-16-15(23)14(22)13(21)11(8-19)25-16/h1-2,4-5,7,11,13-16,19,21-23H,3,6,8H2,(H,17,20)/t11-,13-,14+,15-,16?/m1/s1. The minimum absolute atomic E-state index is 0.0118. The fourth-order valence-corrected chi connectivity index (χ4v) is 2.37. The first-order valence-electron chi connectivity index (χ1n) is 7.77. The average molecular weight is 355 g/mol. The van der Waals surface area contributed by atoms with Gasteiger partial charge in [0.15, 0.2) is 0 Å². The number of anilines is 1. The zero-order chi connectivity index (χ0) is 18.4. The number of amides is 1. The molecule has 1 amide bonds. The van der Waals surface area contributed by atoms with Crippen molar-refractivity contribution in [3.63, 3.8) is 0 Å². The molecular formula is C16H21NO8. The number of aldehydes is 1. The van der Waals surface area contributed by atoms with Crippen LogP contribution in [0.4, 0.5) is 5.69 Å². The van der Waals surface area contributed by atoms with Crippen LogP contribution >= 0.6 is 0 Å². The van der Waals surface area contributed by atoms with Crippen molar-refractivity contribution in [3.05, 3.63) is 24.3 Å². The van der Waals surface area contributed by atoms with Crippen molar-refractivity contribution in [1.29, 1.82) is 0 Å². The van der Waals surface area contributed by atoms with E-state index in [-0.39, 0.29) is 24.3 Å². The largest absolute Gasteiger partial charge is 0.460 e. The lowest BCUT2D eigenvalue weighted by Crippen LogP contribution is -2.60. The van der Waals surface area contributed by atoms with Gasteiger partial charge in [0, 0.05) is 12.8 Å². The molecular weight excluding hydrogens is 334 g/mol. The minimum Gasteiger partial charge on any atom is -0.460 e. The molecule has 1 unspecified atom stereocenters. The molecule has 0 aliphatic carbocycles. The van der Waals surface area contributed by atoms with Crippen molar-refractivity contribution < 1.29 is 39.5 Å². The molecule has 9 heteroatoms. The van der Waals surface area contributed by atoms with E-state index in [4.69, 9.17) is 9.47 Å². The van der Waals surface area contributed by atoms with Gasteiger partial charge in [-0.1, -0.05) is 12.1 Å². The Morgan fingerprint density at radius 3 is 2.60 bits per heavy atom. The van der Waals surface area contributed by atoms with Crippen LogP contribution in [0.25, 0.3) is 0 Å². The molecule has 1 aromatic carbocycles. The number of carbonyl (C=O) groups is 2. The average Bonchev–Trinajstić information content (AvgIpc) is 2.62. The van der Waals surface area contributed by atoms with Crippen LogP contribution in [0.3, 0.4) is 0 Å². The highest BCUT2D eigenvalue weighted by molar-refractivity contribution is 5.93. The molecule has 1 aromatic rings. The maximum atomic E-state index is 11.8. The van der Waals surface area contributed by atoms with Crippen LogP contribution in [0.5, 0.6) is 5.75 Å². The molecule has 0 spiro atoms. The van der Waals surface area contributed by atoms with Gasteiger partial charge in [0.2, 0.25) is 12.2 Å². The first-order valence-corrected chi connectivity index (χ1v) is 7.77. The number of aliphatic hydroxyl groups is 4. The Hall–Kier alpha value is -2.04. The van der Waals surface area contributed by atoms with Gasteiger partial charge in [-0.25, -0.2) is 0 Å². The molecule has 1 fully saturated rings. The van der Waals surface area contributed by atoms with E-state index in [2.05, 4.69) is 5.32 Å². The van der Waals surface area contributed by atoms with Crippen molar-refractivity contribution in [1.82, 2.24) is 0 Å². The number of nitrogens with one attached hydrogen (secondary N) is 1. The zero-order valence-corrected chi connectivity index (χ0v) is 13.3. The second-order valence-electron chi connectivity index (χ2n) is 5.56. The highest BCUT2D eigenvalue weighted by Gasteiger charge is 2.44. The Kier molecular flexibility index (Phi) is 6.85. The van der Waals surface area contributed by atoms with Crippen LogP contribution < -0.4 is 10.1 Å². The van der Waals surface area contributed by atoms with Gasteiger partial charge in [-0.3, -0.25) is 4.79 Å². The van der Waals surface area contributed by atoms with Gasteiger partial charge in [-0.05, 0) is 12.1 Å². The van der Waals surface area contributed by atoms with Gasteiger partial charge in [0.1, 0.15) is 36.5 Å². The summed E-state index contributed by atoms with van der Waals surface area (Å²) in [6.07, 6.45) is -6.34. The van der Waals surface area contributed by atoms with Crippen LogP contribution in [0.1, 0.15) is 12.8 Å². The Labute approximate surface area is 143 Å². The second-order valence-corrected chi connectivity index (χ2v) is 5.56. The van der Waals surface area contributed by atoms with Gasteiger partial charge >= 0.3 is 0 Å². The first kappa shape index (κ1) is 19.3. The predicted octanol–water partition coefficient (Wildman–Crippen LogP) is -1.22. The summed E-state index contributed by atoms with van der Waals surface area (Å²) < 4.78 is 10.8. The Morgan fingerprint density at radius 1 is 1.20 bits per heavy atom. The van der Waals surface area contributed by atoms with Crippen LogP contribution in [0, 0.1) is 0 Å². The molecule has 138 valence electrons. The Morgan fingerprint density at radius 2 is 1.92 bits per heavy atom. The third-order valence-electron chi connectivity index (χ3n) is 3.74. The van der Waals surface area contributed by atoms with E-state index in [1.54, 1.807) is 18.2 Å². The number of carbonyl (C=O) groups excluding carboxylic acids is 2. The van der Waals surface area contributed by atoms with Crippen LogP contribution in [0.15, 0.2) is 24.3 Å². The zero-order valence-electron chi connectivity index (χ0n) is 13.3. The summed E-state index contributed by atoms with van der Waals surface area (Å²) in [4.78, 5) is 22.1. The summed E-state index contributed by atoms with van der Waals surface area (Å²) in [5.74, 6) is -0.233. The maximum Gasteiger partial charge on any atom is 0.229 e. The lowest BCUT2D eigenvalue weighted by molar-refractivity contribution is -0.277. The predicted molar refractivity (Wildman–Crippen MR) is 84.8 cm³/mol. The molecule has 1 aliphatic heterocycles. The summed E-state index contributed by atoms with van der Waals surface area (Å²) in [7, 11) is 0. The fraction of sp³-hybridized carbons (Fsp3) is 0.500. The SMILES string of the molecule is O=CCCC(=O)Nc1ccccc1OC1O[C@H](CO)[C@@H](O)[C@H](O)[C@H]1O. The van der Waals surface area contributed by atoms with Gasteiger partial charge in [0.25, 0.3) is 0 Å². The van der Waals surface area contributed by atoms with E-state index in [0.29, 0.717) is 6.29 Å². The summed E-state index contributed by atoms with van der Waals surface area (Å²) in [6, 6.07) is 6.34. The lowest BCUT2D eigenvalue weighted by atomic mass is 9.99. The number of aliphatic hydroxyl groups excluding tert-OH is 4. The van der Waals surface area contributed by atoms with Crippen LogP contribution in [0.2, 0.25) is 0 Å². The molecule has 5 atom stereocenters. The summed E-state index contributed by atoms with van der Waals surface area (Å²) in [6.45, 7) is -0.575. The maximum absolute atomic E-state index is 11.8. The van der Waals surface area contributed by atoms with Gasteiger partial charge in [-0.15, -0.1) is 0 Å². The number of ether oxygens (including phenoxy) is 2.